The van der Waals surface area contributed by atoms with Gasteiger partial charge in [-0.15, -0.1) is 0 Å². The fourth-order valence-corrected chi connectivity index (χ4v) is 5.64. The summed E-state index contributed by atoms with van der Waals surface area (Å²) in [6, 6.07) is 19.6. The fourth-order valence-electron chi connectivity index (χ4n) is 4.61. The Bertz CT molecular complexity index is 1300. The van der Waals surface area contributed by atoms with Gasteiger partial charge in [0.1, 0.15) is 11.5 Å². The van der Waals surface area contributed by atoms with Crippen LogP contribution >= 0.6 is 11.8 Å². The molecular weight excluding hydrogens is 462 g/mol. The molecular formula is C27H25N3O4S. The molecule has 2 fully saturated rings. The number of nitro benzene ring substituents is 1. The van der Waals surface area contributed by atoms with E-state index in [9.17, 15) is 14.9 Å². The molecule has 0 bridgehead atoms. The SMILES string of the molecule is C[C@H]1CCCC[C@@H]1N1C(=O)/C(=C/c2ccc(-c3ccc([N+](=O)[O-])cc3)o2)SC1=Nc1ccccc1. The molecule has 2 aromatic carbocycles. The number of carbonyl (C=O) groups excluding carboxylic acids is 1. The minimum Gasteiger partial charge on any atom is -0.457 e. The number of nitrogens with zero attached hydrogens (tertiary/aromatic N) is 3. The second-order valence-corrected chi connectivity index (χ2v) is 9.86. The van der Waals surface area contributed by atoms with Crippen LogP contribution in [0.25, 0.3) is 17.4 Å². The molecule has 0 spiro atoms. The monoisotopic (exact) mass is 487 g/mol. The van der Waals surface area contributed by atoms with Crippen LogP contribution in [0.4, 0.5) is 11.4 Å². The number of hydrogen-bond donors (Lipinski definition) is 0. The number of amides is 1. The van der Waals surface area contributed by atoms with Crippen LogP contribution in [0.1, 0.15) is 38.4 Å². The minimum absolute atomic E-state index is 0.0258. The lowest BCUT2D eigenvalue weighted by Crippen LogP contribution is -2.44. The predicted octanol–water partition coefficient (Wildman–Crippen LogP) is 7.04. The van der Waals surface area contributed by atoms with Crippen LogP contribution in [-0.2, 0) is 4.79 Å². The molecule has 0 unspecified atom stereocenters. The first-order valence-corrected chi connectivity index (χ1v) is 12.5. The summed E-state index contributed by atoms with van der Waals surface area (Å²) in [5, 5.41) is 11.6. The van der Waals surface area contributed by atoms with Gasteiger partial charge in [-0.05, 0) is 66.9 Å². The normalized spacial score (nSPS) is 22.8. The van der Waals surface area contributed by atoms with E-state index in [2.05, 4.69) is 6.92 Å². The summed E-state index contributed by atoms with van der Waals surface area (Å²) in [5.41, 5.74) is 1.57. The summed E-state index contributed by atoms with van der Waals surface area (Å²) in [4.78, 5) is 31.3. The smallest absolute Gasteiger partial charge is 0.269 e. The van der Waals surface area contributed by atoms with E-state index in [0.29, 0.717) is 27.5 Å². The van der Waals surface area contributed by atoms with Crippen molar-refractivity contribution < 1.29 is 14.1 Å². The number of furan rings is 1. The number of carbonyl (C=O) groups is 1. The zero-order valence-corrected chi connectivity index (χ0v) is 20.1. The van der Waals surface area contributed by atoms with Gasteiger partial charge in [-0.25, -0.2) is 4.99 Å². The quantitative estimate of drug-likeness (QED) is 0.219. The van der Waals surface area contributed by atoms with Gasteiger partial charge in [-0.1, -0.05) is 38.0 Å². The van der Waals surface area contributed by atoms with Gasteiger partial charge in [0.2, 0.25) is 0 Å². The Morgan fingerprint density at radius 1 is 1.06 bits per heavy atom. The third-order valence-electron chi connectivity index (χ3n) is 6.48. The largest absolute Gasteiger partial charge is 0.457 e. The summed E-state index contributed by atoms with van der Waals surface area (Å²) >= 11 is 1.37. The molecule has 2 heterocycles. The first-order valence-electron chi connectivity index (χ1n) is 11.7. The molecule has 1 saturated carbocycles. The van der Waals surface area contributed by atoms with Gasteiger partial charge < -0.3 is 4.42 Å². The van der Waals surface area contributed by atoms with E-state index < -0.39 is 4.92 Å². The Hall–Kier alpha value is -3.65. The zero-order valence-electron chi connectivity index (χ0n) is 19.3. The lowest BCUT2D eigenvalue weighted by molar-refractivity contribution is -0.384. The van der Waals surface area contributed by atoms with E-state index in [0.717, 1.165) is 30.5 Å². The highest BCUT2D eigenvalue weighted by atomic mass is 32.2. The second kappa shape index (κ2) is 9.92. The average Bonchev–Trinajstić information content (AvgIpc) is 3.45. The molecule has 1 aliphatic carbocycles. The molecule has 2 aliphatic rings. The summed E-state index contributed by atoms with van der Waals surface area (Å²) in [7, 11) is 0. The van der Waals surface area contributed by atoms with E-state index in [1.165, 1.54) is 30.3 Å². The number of thioether (sulfide) groups is 1. The molecule has 178 valence electrons. The number of nitro groups is 1. The molecule has 2 atom stereocenters. The average molecular weight is 488 g/mol. The minimum atomic E-state index is -0.432. The molecule has 1 amide bonds. The Morgan fingerprint density at radius 3 is 2.51 bits per heavy atom. The summed E-state index contributed by atoms with van der Waals surface area (Å²) in [5.74, 6) is 1.49. The zero-order chi connectivity index (χ0) is 24.4. The first kappa shape index (κ1) is 23.1. The van der Waals surface area contributed by atoms with Crippen molar-refractivity contribution in [3.05, 3.63) is 87.5 Å². The van der Waals surface area contributed by atoms with Crippen molar-refractivity contribution in [3.63, 3.8) is 0 Å². The van der Waals surface area contributed by atoms with Gasteiger partial charge in [0.25, 0.3) is 11.6 Å². The molecule has 5 rings (SSSR count). The molecule has 1 saturated heterocycles. The highest BCUT2D eigenvalue weighted by Crippen LogP contribution is 2.40. The third-order valence-corrected chi connectivity index (χ3v) is 7.46. The number of rotatable bonds is 5. The van der Waals surface area contributed by atoms with Gasteiger partial charge >= 0.3 is 0 Å². The predicted molar refractivity (Wildman–Crippen MR) is 138 cm³/mol. The Morgan fingerprint density at radius 2 is 1.80 bits per heavy atom. The maximum absolute atomic E-state index is 13.6. The topological polar surface area (TPSA) is 89.0 Å². The van der Waals surface area contributed by atoms with Crippen molar-refractivity contribution in [2.75, 3.05) is 0 Å². The van der Waals surface area contributed by atoms with Crippen LogP contribution in [0.5, 0.6) is 0 Å². The molecule has 3 aromatic rings. The number of amidine groups is 1. The molecule has 7 nitrogen and oxygen atoms in total. The second-order valence-electron chi connectivity index (χ2n) is 8.85. The lowest BCUT2D eigenvalue weighted by atomic mass is 9.85. The van der Waals surface area contributed by atoms with E-state index in [4.69, 9.17) is 9.41 Å². The Kier molecular flexibility index (Phi) is 6.55. The van der Waals surface area contributed by atoms with E-state index in [-0.39, 0.29) is 17.6 Å². The van der Waals surface area contributed by atoms with Crippen LogP contribution in [-0.4, -0.2) is 26.9 Å². The molecule has 35 heavy (non-hydrogen) atoms. The molecule has 0 radical (unpaired) electrons. The molecule has 0 N–H and O–H groups in total. The van der Waals surface area contributed by atoms with Crippen molar-refractivity contribution in [1.82, 2.24) is 4.90 Å². The molecule has 1 aromatic heterocycles. The van der Waals surface area contributed by atoms with Crippen LogP contribution < -0.4 is 0 Å². The molecule has 8 heteroatoms. The maximum atomic E-state index is 13.6. The highest BCUT2D eigenvalue weighted by molar-refractivity contribution is 8.18. The van der Waals surface area contributed by atoms with Crippen LogP contribution in [0.3, 0.4) is 0 Å². The van der Waals surface area contributed by atoms with Gasteiger partial charge in [-0.3, -0.25) is 19.8 Å². The van der Waals surface area contributed by atoms with Crippen molar-refractivity contribution in [3.8, 4) is 11.3 Å². The summed E-state index contributed by atoms with van der Waals surface area (Å²) in [6.45, 7) is 2.21. The van der Waals surface area contributed by atoms with Crippen LogP contribution in [0, 0.1) is 16.0 Å². The Labute approximate surface area is 207 Å². The van der Waals surface area contributed by atoms with Crippen LogP contribution in [0.15, 0.2) is 81.0 Å². The van der Waals surface area contributed by atoms with E-state index in [1.807, 2.05) is 35.2 Å². The maximum Gasteiger partial charge on any atom is 0.269 e. The van der Waals surface area contributed by atoms with Crippen LogP contribution in [0.2, 0.25) is 0 Å². The van der Waals surface area contributed by atoms with Crippen molar-refractivity contribution in [1.29, 1.82) is 0 Å². The van der Waals surface area contributed by atoms with Gasteiger partial charge in [-0.2, -0.15) is 0 Å². The number of benzene rings is 2. The fraction of sp³-hybridized carbons (Fsp3) is 0.259. The van der Waals surface area contributed by atoms with E-state index >= 15 is 0 Å². The van der Waals surface area contributed by atoms with Gasteiger partial charge in [0.05, 0.1) is 15.5 Å². The third kappa shape index (κ3) is 4.93. The lowest BCUT2D eigenvalue weighted by Gasteiger charge is -2.35. The number of para-hydroxylation sites is 1. The van der Waals surface area contributed by atoms with Crippen molar-refractivity contribution >= 4 is 40.3 Å². The van der Waals surface area contributed by atoms with Gasteiger partial charge in [0, 0.05) is 29.8 Å². The van der Waals surface area contributed by atoms with Crippen molar-refractivity contribution in [2.45, 2.75) is 38.6 Å². The van der Waals surface area contributed by atoms with E-state index in [1.54, 1.807) is 30.3 Å². The number of non-ortho nitro benzene ring substituents is 1. The molecule has 1 aliphatic heterocycles. The highest BCUT2D eigenvalue weighted by Gasteiger charge is 2.41. The number of aliphatic imine (C=N–C) groups is 1. The summed E-state index contributed by atoms with van der Waals surface area (Å²) < 4.78 is 5.97. The Balaban J connectivity index is 1.45. The first-order chi connectivity index (χ1) is 17.0. The number of hydrogen-bond acceptors (Lipinski definition) is 6. The van der Waals surface area contributed by atoms with Gasteiger partial charge in [0.15, 0.2) is 5.17 Å². The summed E-state index contributed by atoms with van der Waals surface area (Å²) in [6.07, 6.45) is 6.14. The standard InChI is InChI=1S/C27H25N3O4S/c1-18-7-5-6-10-23(18)29-26(31)25(35-27(29)28-20-8-3-2-4-9-20)17-22-15-16-24(34-22)19-11-13-21(14-12-19)30(32)33/h2-4,8-9,11-18,23H,5-7,10H2,1H3/b25-17-,28-27?/t18-,23-/m0/s1. The van der Waals surface area contributed by atoms with Crippen molar-refractivity contribution in [2.24, 2.45) is 10.9 Å².